The van der Waals surface area contributed by atoms with Gasteiger partial charge in [0, 0.05) is 17.1 Å². The maximum atomic E-state index is 4.15. The molecule has 0 radical (unpaired) electrons. The van der Waals surface area contributed by atoms with Crippen molar-refractivity contribution in [2.24, 2.45) is 0 Å². The van der Waals surface area contributed by atoms with E-state index < -0.39 is 0 Å². The van der Waals surface area contributed by atoms with Gasteiger partial charge in [0.2, 0.25) is 0 Å². The largest absolute Gasteiger partial charge is 0.311 e. The summed E-state index contributed by atoms with van der Waals surface area (Å²) >= 11 is 0. The maximum absolute atomic E-state index is 4.15. The second-order valence-corrected chi connectivity index (χ2v) is 14.2. The molecular formula is C56H45N. The van der Waals surface area contributed by atoms with Crippen LogP contribution in [0.2, 0.25) is 0 Å². The summed E-state index contributed by atoms with van der Waals surface area (Å²) in [5, 5.41) is 2.42. The summed E-state index contributed by atoms with van der Waals surface area (Å²) in [5.41, 5.74) is 16.3. The van der Waals surface area contributed by atoms with E-state index in [1.807, 2.05) is 12.1 Å². The highest BCUT2D eigenvalue weighted by atomic mass is 15.1. The third-order valence-electron chi connectivity index (χ3n) is 10.4. The first-order valence-electron chi connectivity index (χ1n) is 19.6. The van der Waals surface area contributed by atoms with Crippen molar-refractivity contribution in [1.29, 1.82) is 0 Å². The molecule has 0 aliphatic heterocycles. The lowest BCUT2D eigenvalue weighted by Crippen LogP contribution is -2.09. The molecular weight excluding hydrogens is 687 g/mol. The van der Waals surface area contributed by atoms with Crippen LogP contribution in [0.5, 0.6) is 0 Å². The minimum absolute atomic E-state index is 1.08. The third-order valence-corrected chi connectivity index (χ3v) is 10.4. The Morgan fingerprint density at radius 3 is 1.51 bits per heavy atom. The summed E-state index contributed by atoms with van der Waals surface area (Å²) in [4.78, 5) is 2.33. The Balaban J connectivity index is 1.32. The van der Waals surface area contributed by atoms with Crippen LogP contribution >= 0.6 is 0 Å². The van der Waals surface area contributed by atoms with E-state index in [9.17, 15) is 0 Å². The molecule has 0 aliphatic carbocycles. The predicted molar refractivity (Wildman–Crippen MR) is 248 cm³/mol. The van der Waals surface area contributed by atoms with Crippen LogP contribution in [0.1, 0.15) is 29.2 Å². The van der Waals surface area contributed by atoms with Gasteiger partial charge in [-0.15, -0.1) is 0 Å². The molecule has 0 amide bonds. The van der Waals surface area contributed by atoms with E-state index in [4.69, 9.17) is 0 Å². The van der Waals surface area contributed by atoms with Crippen molar-refractivity contribution in [2.45, 2.75) is 13.8 Å². The zero-order chi connectivity index (χ0) is 39.0. The fourth-order valence-corrected chi connectivity index (χ4v) is 7.76. The number of allylic oxidation sites excluding steroid dienone is 5. The van der Waals surface area contributed by atoms with E-state index in [-0.39, 0.29) is 0 Å². The Morgan fingerprint density at radius 2 is 0.912 bits per heavy atom. The molecule has 0 aromatic heterocycles. The molecule has 8 aromatic rings. The highest BCUT2D eigenvalue weighted by Gasteiger charge is 2.24. The second kappa shape index (κ2) is 17.1. The average Bonchev–Trinajstić information content (AvgIpc) is 3.27. The van der Waals surface area contributed by atoms with Crippen molar-refractivity contribution in [3.8, 4) is 33.4 Å². The Labute approximate surface area is 337 Å². The lowest BCUT2D eigenvalue weighted by molar-refractivity contribution is 1.28. The zero-order valence-electron chi connectivity index (χ0n) is 32.5. The summed E-state index contributed by atoms with van der Waals surface area (Å²) < 4.78 is 0. The predicted octanol–water partition coefficient (Wildman–Crippen LogP) is 15.9. The Hall–Kier alpha value is -7.22. The number of aryl methyl sites for hydroxylation is 1. The topological polar surface area (TPSA) is 3.24 Å². The van der Waals surface area contributed by atoms with Gasteiger partial charge in [0.05, 0.1) is 0 Å². The molecule has 274 valence electrons. The molecule has 1 nitrogen and oxygen atoms in total. The minimum Gasteiger partial charge on any atom is -0.311 e. The molecule has 0 aliphatic rings. The van der Waals surface area contributed by atoms with Gasteiger partial charge in [-0.2, -0.15) is 0 Å². The van der Waals surface area contributed by atoms with Crippen LogP contribution in [0, 0.1) is 6.92 Å². The lowest BCUT2D eigenvalue weighted by atomic mass is 9.78. The maximum Gasteiger partial charge on any atom is 0.0462 e. The van der Waals surface area contributed by atoms with Crippen molar-refractivity contribution >= 4 is 45.6 Å². The molecule has 0 atom stereocenters. The summed E-state index contributed by atoms with van der Waals surface area (Å²) in [5.74, 6) is 0. The van der Waals surface area contributed by atoms with E-state index in [0.29, 0.717) is 0 Å². The molecule has 0 fully saturated rings. The van der Waals surface area contributed by atoms with Gasteiger partial charge in [-0.05, 0) is 117 Å². The molecule has 0 N–H and O–H groups in total. The standard InChI is InChI=1S/C56H45N/c1-4-17-44(18-5-2)55-53(46-33-27-41(3)28-34-46)51-25-15-16-26-52(51)54(56(55)45-21-11-7-12-22-45)47-35-39-50(40-36-47)57(48-23-13-8-14-24-48)49-37-31-43(32-38-49)30-29-42-19-9-6-10-20-42/h4-40H,1H2,2-3H3/b18-5-,30-29+,44-17+. The third kappa shape index (κ3) is 7.83. The van der Waals surface area contributed by atoms with Crippen molar-refractivity contribution in [3.63, 3.8) is 0 Å². The highest BCUT2D eigenvalue weighted by molar-refractivity contribution is 6.16. The van der Waals surface area contributed by atoms with Crippen molar-refractivity contribution in [1.82, 2.24) is 0 Å². The molecule has 0 saturated carbocycles. The molecule has 57 heavy (non-hydrogen) atoms. The first kappa shape index (κ1) is 36.7. The number of hydrogen-bond donors (Lipinski definition) is 0. The molecule has 0 heterocycles. The SMILES string of the molecule is C=C/C=C(\C=C/C)c1c(-c2ccccc2)c(-c2ccc(N(c3ccccc3)c3ccc(/C=C/c4ccccc4)cc3)cc2)c2ccccc2c1-c1ccc(C)cc1. The van der Waals surface area contributed by atoms with E-state index in [2.05, 4.69) is 238 Å². The fourth-order valence-electron chi connectivity index (χ4n) is 7.76. The Bertz CT molecular complexity index is 2700. The van der Waals surface area contributed by atoms with Crippen LogP contribution in [0.3, 0.4) is 0 Å². The quantitative estimate of drug-likeness (QED) is 0.0946. The fraction of sp³-hybridized carbons (Fsp3) is 0.0357. The second-order valence-electron chi connectivity index (χ2n) is 14.2. The van der Waals surface area contributed by atoms with E-state index in [1.54, 1.807) is 0 Å². The normalized spacial score (nSPS) is 11.7. The number of benzene rings is 8. The molecule has 0 bridgehead atoms. The van der Waals surface area contributed by atoms with E-state index >= 15 is 0 Å². The number of para-hydroxylation sites is 1. The summed E-state index contributed by atoms with van der Waals surface area (Å²) in [6, 6.07) is 67.6. The van der Waals surface area contributed by atoms with Gasteiger partial charge in [0.15, 0.2) is 0 Å². The van der Waals surface area contributed by atoms with Gasteiger partial charge < -0.3 is 4.90 Å². The van der Waals surface area contributed by atoms with Crippen LogP contribution in [0.25, 0.3) is 61.9 Å². The van der Waals surface area contributed by atoms with Crippen LogP contribution in [0.15, 0.2) is 219 Å². The van der Waals surface area contributed by atoms with Gasteiger partial charge in [-0.3, -0.25) is 0 Å². The van der Waals surface area contributed by atoms with Crippen molar-refractivity contribution < 1.29 is 0 Å². The number of anilines is 3. The highest BCUT2D eigenvalue weighted by Crippen LogP contribution is 2.50. The van der Waals surface area contributed by atoms with Gasteiger partial charge >= 0.3 is 0 Å². The van der Waals surface area contributed by atoms with Gasteiger partial charge in [0.1, 0.15) is 0 Å². The average molecular weight is 732 g/mol. The van der Waals surface area contributed by atoms with Crippen LogP contribution in [0.4, 0.5) is 17.1 Å². The van der Waals surface area contributed by atoms with Gasteiger partial charge in [-0.25, -0.2) is 0 Å². The Morgan fingerprint density at radius 1 is 0.456 bits per heavy atom. The molecule has 8 aromatic carbocycles. The van der Waals surface area contributed by atoms with Gasteiger partial charge in [-0.1, -0.05) is 200 Å². The number of nitrogens with zero attached hydrogens (tertiary/aromatic N) is 1. The summed E-state index contributed by atoms with van der Waals surface area (Å²) in [7, 11) is 0. The number of hydrogen-bond acceptors (Lipinski definition) is 1. The summed E-state index contributed by atoms with van der Waals surface area (Å²) in [6.07, 6.45) is 12.7. The zero-order valence-corrected chi connectivity index (χ0v) is 32.5. The molecule has 0 spiro atoms. The first-order valence-corrected chi connectivity index (χ1v) is 19.6. The van der Waals surface area contributed by atoms with Crippen LogP contribution in [-0.2, 0) is 0 Å². The Kier molecular flexibility index (Phi) is 11.0. The lowest BCUT2D eigenvalue weighted by Gasteiger charge is -2.27. The first-order chi connectivity index (χ1) is 28.1. The van der Waals surface area contributed by atoms with Crippen LogP contribution < -0.4 is 4.90 Å². The molecule has 0 unspecified atom stereocenters. The van der Waals surface area contributed by atoms with Gasteiger partial charge in [0.25, 0.3) is 0 Å². The molecule has 8 rings (SSSR count). The van der Waals surface area contributed by atoms with E-state index in [0.717, 1.165) is 39.3 Å². The summed E-state index contributed by atoms with van der Waals surface area (Å²) in [6.45, 7) is 8.38. The van der Waals surface area contributed by atoms with Crippen molar-refractivity contribution in [3.05, 3.63) is 241 Å². The molecule has 0 saturated heterocycles. The van der Waals surface area contributed by atoms with E-state index in [1.165, 1.54) is 49.7 Å². The smallest absolute Gasteiger partial charge is 0.0462 e. The van der Waals surface area contributed by atoms with Crippen LogP contribution in [-0.4, -0.2) is 0 Å². The number of fused-ring (bicyclic) bond motifs is 1. The molecule has 1 heteroatoms. The minimum atomic E-state index is 1.08. The monoisotopic (exact) mass is 731 g/mol. The number of rotatable bonds is 11. The van der Waals surface area contributed by atoms with Crippen molar-refractivity contribution in [2.75, 3.05) is 4.90 Å².